The average molecular weight is 342 g/mol. The molecule has 1 aromatic heterocycles. The number of ether oxygens (including phenoxy) is 1. The highest BCUT2D eigenvalue weighted by Gasteiger charge is 2.28. The van der Waals surface area contributed by atoms with Crippen LogP contribution in [-0.2, 0) is 16.1 Å². The van der Waals surface area contributed by atoms with Gasteiger partial charge in [0.15, 0.2) is 6.10 Å². The summed E-state index contributed by atoms with van der Waals surface area (Å²) in [6, 6.07) is 9.49. The number of aryl methyl sites for hydroxylation is 2. The maximum atomic E-state index is 12.6. The van der Waals surface area contributed by atoms with Crippen molar-refractivity contribution in [2.24, 2.45) is 5.73 Å². The van der Waals surface area contributed by atoms with E-state index in [1.165, 1.54) is 0 Å². The molecule has 1 aliphatic rings. The Morgan fingerprint density at radius 1 is 1.28 bits per heavy atom. The van der Waals surface area contributed by atoms with E-state index < -0.39 is 12.0 Å². The minimum atomic E-state index is -0.733. The van der Waals surface area contributed by atoms with Crippen LogP contribution in [0.4, 0.5) is 0 Å². The van der Waals surface area contributed by atoms with Crippen LogP contribution in [0.1, 0.15) is 27.3 Å². The molecule has 1 unspecified atom stereocenters. The Morgan fingerprint density at radius 2 is 2.00 bits per heavy atom. The second-order valence-corrected chi connectivity index (χ2v) is 6.29. The summed E-state index contributed by atoms with van der Waals surface area (Å²) in [6.07, 6.45) is -0.733. The standard InChI is InChI=1S/C18H22N4O3/c1-12-9-13(2)22(20-12)10-14-3-5-15(6-4-14)18(24)21-7-8-25-16(11-21)17(19)23/h3-6,9,16H,7-8,10-11H2,1-2H3,(H2,19,23). The van der Waals surface area contributed by atoms with Crippen molar-refractivity contribution in [3.05, 3.63) is 52.8 Å². The Morgan fingerprint density at radius 3 is 2.60 bits per heavy atom. The van der Waals surface area contributed by atoms with Crippen molar-refractivity contribution >= 4 is 11.8 Å². The van der Waals surface area contributed by atoms with Crippen LogP contribution in [0.5, 0.6) is 0 Å². The first kappa shape index (κ1) is 17.2. The molecule has 0 bridgehead atoms. The number of rotatable bonds is 4. The van der Waals surface area contributed by atoms with Gasteiger partial charge in [0.05, 0.1) is 25.4 Å². The van der Waals surface area contributed by atoms with Crippen molar-refractivity contribution in [1.82, 2.24) is 14.7 Å². The Balaban J connectivity index is 1.68. The number of benzene rings is 1. The van der Waals surface area contributed by atoms with Gasteiger partial charge in [0.2, 0.25) is 5.91 Å². The van der Waals surface area contributed by atoms with E-state index in [4.69, 9.17) is 10.5 Å². The minimum Gasteiger partial charge on any atom is -0.367 e. The molecule has 0 aliphatic carbocycles. The van der Waals surface area contributed by atoms with E-state index in [9.17, 15) is 9.59 Å². The number of primary amides is 1. The molecule has 1 fully saturated rings. The average Bonchev–Trinajstić information content (AvgIpc) is 2.92. The van der Waals surface area contributed by atoms with Crippen molar-refractivity contribution < 1.29 is 14.3 Å². The van der Waals surface area contributed by atoms with Crippen molar-refractivity contribution in [2.45, 2.75) is 26.5 Å². The molecule has 3 rings (SSSR count). The summed E-state index contributed by atoms with van der Waals surface area (Å²) in [5.41, 5.74) is 9.01. The van der Waals surface area contributed by atoms with Crippen LogP contribution in [0.15, 0.2) is 30.3 Å². The fraction of sp³-hybridized carbons (Fsp3) is 0.389. The topological polar surface area (TPSA) is 90.5 Å². The molecule has 1 atom stereocenters. The van der Waals surface area contributed by atoms with Crippen LogP contribution >= 0.6 is 0 Å². The third kappa shape index (κ3) is 3.88. The van der Waals surface area contributed by atoms with Gasteiger partial charge in [-0.05, 0) is 37.6 Å². The van der Waals surface area contributed by atoms with E-state index in [0.29, 0.717) is 25.3 Å². The summed E-state index contributed by atoms with van der Waals surface area (Å²) in [5.74, 6) is -0.662. The Hall–Kier alpha value is -2.67. The quantitative estimate of drug-likeness (QED) is 0.893. The minimum absolute atomic E-state index is 0.118. The van der Waals surface area contributed by atoms with Gasteiger partial charge < -0.3 is 15.4 Å². The number of carbonyl (C=O) groups is 2. The summed E-state index contributed by atoms with van der Waals surface area (Å²) in [6.45, 7) is 5.61. The Bertz CT molecular complexity index is 782. The van der Waals surface area contributed by atoms with Gasteiger partial charge in [-0.25, -0.2) is 0 Å². The summed E-state index contributed by atoms with van der Waals surface area (Å²) in [4.78, 5) is 25.5. The third-order valence-electron chi connectivity index (χ3n) is 4.31. The van der Waals surface area contributed by atoms with Gasteiger partial charge in [-0.2, -0.15) is 5.10 Å². The van der Waals surface area contributed by atoms with Crippen LogP contribution in [0.25, 0.3) is 0 Å². The predicted molar refractivity (Wildman–Crippen MR) is 92.1 cm³/mol. The molecule has 0 saturated carbocycles. The lowest BCUT2D eigenvalue weighted by atomic mass is 10.1. The van der Waals surface area contributed by atoms with Crippen LogP contribution in [-0.4, -0.2) is 52.3 Å². The van der Waals surface area contributed by atoms with Crippen LogP contribution < -0.4 is 5.73 Å². The van der Waals surface area contributed by atoms with Gasteiger partial charge >= 0.3 is 0 Å². The maximum Gasteiger partial charge on any atom is 0.254 e. The molecular formula is C18H22N4O3. The number of morpholine rings is 1. The molecular weight excluding hydrogens is 320 g/mol. The highest BCUT2D eigenvalue weighted by molar-refractivity contribution is 5.94. The van der Waals surface area contributed by atoms with Gasteiger partial charge in [0.25, 0.3) is 5.91 Å². The second kappa shape index (κ2) is 7.06. The highest BCUT2D eigenvalue weighted by Crippen LogP contribution is 2.13. The number of nitrogens with two attached hydrogens (primary N) is 1. The number of amides is 2. The van der Waals surface area contributed by atoms with Gasteiger partial charge in [0, 0.05) is 17.8 Å². The number of carbonyl (C=O) groups excluding carboxylic acids is 2. The molecule has 2 N–H and O–H groups in total. The molecule has 2 amide bonds. The molecule has 2 heterocycles. The van der Waals surface area contributed by atoms with Gasteiger partial charge in [-0.15, -0.1) is 0 Å². The lowest BCUT2D eigenvalue weighted by Crippen LogP contribution is -2.50. The summed E-state index contributed by atoms with van der Waals surface area (Å²) < 4.78 is 7.21. The molecule has 1 aliphatic heterocycles. The van der Waals surface area contributed by atoms with Crippen molar-refractivity contribution in [2.75, 3.05) is 19.7 Å². The largest absolute Gasteiger partial charge is 0.367 e. The molecule has 7 heteroatoms. The first-order chi connectivity index (χ1) is 11.9. The fourth-order valence-corrected chi connectivity index (χ4v) is 2.95. The smallest absolute Gasteiger partial charge is 0.254 e. The summed E-state index contributed by atoms with van der Waals surface area (Å²) in [5, 5.41) is 4.45. The van der Waals surface area contributed by atoms with Crippen molar-refractivity contribution in [3.63, 3.8) is 0 Å². The predicted octanol–water partition coefficient (Wildman–Crippen LogP) is 0.875. The normalized spacial score (nSPS) is 17.5. The van der Waals surface area contributed by atoms with E-state index in [1.807, 2.05) is 36.7 Å². The maximum absolute atomic E-state index is 12.6. The molecule has 132 valence electrons. The monoisotopic (exact) mass is 342 g/mol. The summed E-state index contributed by atoms with van der Waals surface area (Å²) >= 11 is 0. The van der Waals surface area contributed by atoms with Gasteiger partial charge in [-0.3, -0.25) is 14.3 Å². The van der Waals surface area contributed by atoms with E-state index in [2.05, 4.69) is 5.10 Å². The Kier molecular flexibility index (Phi) is 4.85. The Labute approximate surface area is 146 Å². The molecule has 1 aromatic carbocycles. The SMILES string of the molecule is Cc1cc(C)n(Cc2ccc(C(=O)N3CCOC(C(N)=O)C3)cc2)n1. The van der Waals surface area contributed by atoms with Gasteiger partial charge in [0.1, 0.15) is 0 Å². The molecule has 7 nitrogen and oxygen atoms in total. The van der Waals surface area contributed by atoms with E-state index >= 15 is 0 Å². The van der Waals surface area contributed by atoms with E-state index in [0.717, 1.165) is 17.0 Å². The number of hydrogen-bond donors (Lipinski definition) is 1. The van der Waals surface area contributed by atoms with Crippen LogP contribution in [0.3, 0.4) is 0 Å². The van der Waals surface area contributed by atoms with E-state index in [-0.39, 0.29) is 12.5 Å². The second-order valence-electron chi connectivity index (χ2n) is 6.29. The van der Waals surface area contributed by atoms with E-state index in [1.54, 1.807) is 17.0 Å². The summed E-state index contributed by atoms with van der Waals surface area (Å²) in [7, 11) is 0. The van der Waals surface area contributed by atoms with Crippen LogP contribution in [0.2, 0.25) is 0 Å². The molecule has 25 heavy (non-hydrogen) atoms. The number of nitrogens with zero attached hydrogens (tertiary/aromatic N) is 3. The lowest BCUT2D eigenvalue weighted by Gasteiger charge is -2.31. The zero-order valence-corrected chi connectivity index (χ0v) is 14.4. The lowest BCUT2D eigenvalue weighted by molar-refractivity contribution is -0.133. The first-order valence-electron chi connectivity index (χ1n) is 8.24. The highest BCUT2D eigenvalue weighted by atomic mass is 16.5. The molecule has 1 saturated heterocycles. The molecule has 0 spiro atoms. The zero-order chi connectivity index (χ0) is 18.0. The van der Waals surface area contributed by atoms with Gasteiger partial charge in [-0.1, -0.05) is 12.1 Å². The van der Waals surface area contributed by atoms with Crippen LogP contribution in [0, 0.1) is 13.8 Å². The zero-order valence-electron chi connectivity index (χ0n) is 14.4. The first-order valence-corrected chi connectivity index (χ1v) is 8.24. The van der Waals surface area contributed by atoms with Crippen molar-refractivity contribution in [3.8, 4) is 0 Å². The third-order valence-corrected chi connectivity index (χ3v) is 4.31. The molecule has 2 aromatic rings. The number of hydrogen-bond acceptors (Lipinski definition) is 4. The van der Waals surface area contributed by atoms with Crippen molar-refractivity contribution in [1.29, 1.82) is 0 Å². The molecule has 0 radical (unpaired) electrons. The number of aromatic nitrogens is 2. The fourth-order valence-electron chi connectivity index (χ4n) is 2.95.